The van der Waals surface area contributed by atoms with Crippen LogP contribution in [0.25, 0.3) is 0 Å². The molecule has 1 unspecified atom stereocenters. The molecule has 0 aliphatic carbocycles. The van der Waals surface area contributed by atoms with Crippen molar-refractivity contribution in [2.24, 2.45) is 10.8 Å². The molecule has 1 atom stereocenters. The standard InChI is InChI=1S/C15H21ClN4S/c1-19(15(17)21)18-10-14-4-2-3-9-20(14)11-12-5-7-13(16)8-6-12/h5-8,10,14H,2-4,9,11H2,1H3,(H2,17,21). The van der Waals surface area contributed by atoms with E-state index in [0.29, 0.717) is 6.04 Å². The monoisotopic (exact) mass is 324 g/mol. The fraction of sp³-hybridized carbons (Fsp3) is 0.467. The van der Waals surface area contributed by atoms with E-state index in [4.69, 9.17) is 29.6 Å². The number of nitrogens with zero attached hydrogens (tertiary/aromatic N) is 3. The van der Waals surface area contributed by atoms with Gasteiger partial charge in [0, 0.05) is 30.9 Å². The first-order valence-corrected chi connectivity index (χ1v) is 7.90. The topological polar surface area (TPSA) is 44.9 Å². The third kappa shape index (κ3) is 4.95. The summed E-state index contributed by atoms with van der Waals surface area (Å²) in [7, 11) is 1.77. The van der Waals surface area contributed by atoms with E-state index in [0.717, 1.165) is 24.5 Å². The molecular weight excluding hydrogens is 304 g/mol. The van der Waals surface area contributed by atoms with Crippen molar-refractivity contribution < 1.29 is 0 Å². The van der Waals surface area contributed by atoms with E-state index in [1.807, 2.05) is 18.3 Å². The highest BCUT2D eigenvalue weighted by atomic mass is 35.5. The van der Waals surface area contributed by atoms with Crippen LogP contribution in [0.5, 0.6) is 0 Å². The van der Waals surface area contributed by atoms with Gasteiger partial charge in [-0.05, 0) is 49.3 Å². The largest absolute Gasteiger partial charge is 0.375 e. The Morgan fingerprint density at radius 3 is 2.86 bits per heavy atom. The van der Waals surface area contributed by atoms with Crippen molar-refractivity contribution in [3.8, 4) is 0 Å². The van der Waals surface area contributed by atoms with Crippen molar-refractivity contribution in [2.75, 3.05) is 13.6 Å². The molecule has 1 heterocycles. The molecule has 114 valence electrons. The predicted octanol–water partition coefficient (Wildman–Crippen LogP) is 2.86. The van der Waals surface area contributed by atoms with Gasteiger partial charge in [0.1, 0.15) is 0 Å². The molecule has 0 bridgehead atoms. The summed E-state index contributed by atoms with van der Waals surface area (Å²) in [5.74, 6) is 0. The third-order valence-electron chi connectivity index (χ3n) is 3.69. The first-order chi connectivity index (χ1) is 10.1. The van der Waals surface area contributed by atoms with Gasteiger partial charge in [0.15, 0.2) is 5.11 Å². The van der Waals surface area contributed by atoms with Crippen LogP contribution in [0, 0.1) is 0 Å². The van der Waals surface area contributed by atoms with Crippen LogP contribution in [0.1, 0.15) is 24.8 Å². The quantitative estimate of drug-likeness (QED) is 0.525. The third-order valence-corrected chi connectivity index (χ3v) is 4.21. The average molecular weight is 325 g/mol. The van der Waals surface area contributed by atoms with Crippen LogP contribution in [0.3, 0.4) is 0 Å². The number of nitrogens with two attached hydrogens (primary N) is 1. The minimum Gasteiger partial charge on any atom is -0.375 e. The Morgan fingerprint density at radius 2 is 2.19 bits per heavy atom. The molecule has 1 aromatic rings. The van der Waals surface area contributed by atoms with Gasteiger partial charge in [-0.3, -0.25) is 4.90 Å². The first-order valence-electron chi connectivity index (χ1n) is 7.12. The van der Waals surface area contributed by atoms with Gasteiger partial charge in [0.2, 0.25) is 0 Å². The van der Waals surface area contributed by atoms with E-state index >= 15 is 0 Å². The van der Waals surface area contributed by atoms with Crippen LogP contribution < -0.4 is 5.73 Å². The molecule has 6 heteroatoms. The van der Waals surface area contributed by atoms with Crippen LogP contribution in [0.4, 0.5) is 0 Å². The fourth-order valence-electron chi connectivity index (χ4n) is 2.44. The maximum atomic E-state index is 5.93. The molecule has 2 N–H and O–H groups in total. The molecule has 0 amide bonds. The second kappa shape index (κ2) is 7.73. The normalized spacial score (nSPS) is 19.8. The lowest BCUT2D eigenvalue weighted by molar-refractivity contribution is 0.186. The Labute approximate surface area is 136 Å². The van der Waals surface area contributed by atoms with Crippen molar-refractivity contribution in [2.45, 2.75) is 31.8 Å². The number of benzene rings is 1. The Bertz CT molecular complexity index is 503. The van der Waals surface area contributed by atoms with E-state index in [-0.39, 0.29) is 5.11 Å². The SMILES string of the molecule is CN(N=CC1CCCCN1Cc1ccc(Cl)cc1)C(N)=S. The molecule has 1 aliphatic rings. The summed E-state index contributed by atoms with van der Waals surface area (Å²) in [6, 6.07) is 8.35. The molecule has 1 fully saturated rings. The summed E-state index contributed by atoms with van der Waals surface area (Å²) in [5.41, 5.74) is 6.81. The molecule has 2 rings (SSSR count). The Balaban J connectivity index is 2.01. The number of thiocarbonyl (C=S) groups is 1. The van der Waals surface area contributed by atoms with Gasteiger partial charge in [-0.1, -0.05) is 30.2 Å². The van der Waals surface area contributed by atoms with Gasteiger partial charge in [0.25, 0.3) is 0 Å². The highest BCUT2D eigenvalue weighted by Crippen LogP contribution is 2.19. The molecule has 1 saturated heterocycles. The van der Waals surface area contributed by atoms with Crippen LogP contribution in [0.2, 0.25) is 5.02 Å². The molecule has 0 saturated carbocycles. The number of hydrazone groups is 1. The van der Waals surface area contributed by atoms with Gasteiger partial charge in [-0.25, -0.2) is 5.01 Å². The van der Waals surface area contributed by atoms with E-state index in [9.17, 15) is 0 Å². The molecule has 4 nitrogen and oxygen atoms in total. The lowest BCUT2D eigenvalue weighted by Gasteiger charge is -2.33. The summed E-state index contributed by atoms with van der Waals surface area (Å²) in [4.78, 5) is 2.43. The van der Waals surface area contributed by atoms with Crippen LogP contribution in [0.15, 0.2) is 29.4 Å². The minimum atomic E-state index is 0.284. The number of hydrogen-bond acceptors (Lipinski definition) is 3. The Kier molecular flexibility index (Phi) is 5.96. The van der Waals surface area contributed by atoms with E-state index in [2.05, 4.69) is 22.1 Å². The lowest BCUT2D eigenvalue weighted by Crippen LogP contribution is -2.40. The van der Waals surface area contributed by atoms with E-state index in [1.165, 1.54) is 23.4 Å². The smallest absolute Gasteiger partial charge is 0.186 e. The lowest BCUT2D eigenvalue weighted by atomic mass is 10.0. The molecule has 21 heavy (non-hydrogen) atoms. The average Bonchev–Trinajstić information content (AvgIpc) is 2.48. The number of hydrogen-bond donors (Lipinski definition) is 1. The van der Waals surface area contributed by atoms with Crippen molar-refractivity contribution in [1.82, 2.24) is 9.91 Å². The Hall–Kier alpha value is -1.17. The maximum absolute atomic E-state index is 5.93. The summed E-state index contributed by atoms with van der Waals surface area (Å²) < 4.78 is 0. The van der Waals surface area contributed by atoms with Gasteiger partial charge >= 0.3 is 0 Å². The minimum absolute atomic E-state index is 0.284. The highest BCUT2D eigenvalue weighted by Gasteiger charge is 2.21. The van der Waals surface area contributed by atoms with Gasteiger partial charge in [-0.15, -0.1) is 0 Å². The first kappa shape index (κ1) is 16.2. The van der Waals surface area contributed by atoms with Crippen LogP contribution in [-0.4, -0.2) is 40.9 Å². The zero-order valence-corrected chi connectivity index (χ0v) is 13.8. The Morgan fingerprint density at radius 1 is 1.48 bits per heavy atom. The van der Waals surface area contributed by atoms with Crippen molar-refractivity contribution >= 4 is 35.1 Å². The molecule has 0 spiro atoms. The molecule has 0 aromatic heterocycles. The zero-order chi connectivity index (χ0) is 15.2. The number of piperidine rings is 1. The number of likely N-dealkylation sites (tertiary alicyclic amines) is 1. The zero-order valence-electron chi connectivity index (χ0n) is 12.2. The predicted molar refractivity (Wildman–Crippen MR) is 92.5 cm³/mol. The van der Waals surface area contributed by atoms with Crippen LogP contribution >= 0.6 is 23.8 Å². The number of halogens is 1. The summed E-state index contributed by atoms with van der Waals surface area (Å²) >= 11 is 10.8. The molecular formula is C15H21ClN4S. The van der Waals surface area contributed by atoms with Gasteiger partial charge < -0.3 is 5.73 Å². The summed E-state index contributed by atoms with van der Waals surface area (Å²) in [6.45, 7) is 1.99. The summed E-state index contributed by atoms with van der Waals surface area (Å²) in [6.07, 6.45) is 5.52. The maximum Gasteiger partial charge on any atom is 0.186 e. The van der Waals surface area contributed by atoms with Crippen LogP contribution in [-0.2, 0) is 6.54 Å². The van der Waals surface area contributed by atoms with Crippen molar-refractivity contribution in [3.63, 3.8) is 0 Å². The molecule has 1 aliphatic heterocycles. The molecule has 1 aromatic carbocycles. The number of rotatable bonds is 4. The summed E-state index contributed by atoms with van der Waals surface area (Å²) in [5, 5.41) is 6.92. The van der Waals surface area contributed by atoms with Crippen molar-refractivity contribution in [1.29, 1.82) is 0 Å². The highest BCUT2D eigenvalue weighted by molar-refractivity contribution is 7.80. The second-order valence-corrected chi connectivity index (χ2v) is 6.14. The van der Waals surface area contributed by atoms with Crippen molar-refractivity contribution in [3.05, 3.63) is 34.9 Å². The molecule has 0 radical (unpaired) electrons. The fourth-order valence-corrected chi connectivity index (χ4v) is 2.61. The van der Waals surface area contributed by atoms with Gasteiger partial charge in [-0.2, -0.15) is 5.10 Å². The van der Waals surface area contributed by atoms with Gasteiger partial charge in [0.05, 0.1) is 0 Å². The van der Waals surface area contributed by atoms with E-state index < -0.39 is 0 Å². The van der Waals surface area contributed by atoms with E-state index in [1.54, 1.807) is 7.05 Å². The second-order valence-electron chi connectivity index (χ2n) is 5.29.